The Bertz CT molecular complexity index is 1160. The van der Waals surface area contributed by atoms with E-state index in [1.54, 1.807) is 31.2 Å². The van der Waals surface area contributed by atoms with E-state index < -0.39 is 37.3 Å². The molecule has 200 valence electrons. The van der Waals surface area contributed by atoms with Crippen LogP contribution < -0.4 is 4.74 Å². The van der Waals surface area contributed by atoms with E-state index in [1.807, 2.05) is 6.07 Å². The van der Waals surface area contributed by atoms with Crippen LogP contribution in [0.3, 0.4) is 0 Å². The molecule has 0 aromatic heterocycles. The van der Waals surface area contributed by atoms with Gasteiger partial charge in [0.2, 0.25) is 0 Å². The number of aryl methyl sites for hydroxylation is 1. The smallest absolute Gasteiger partial charge is 0.338 e. The average molecular weight is 529 g/mol. The fraction of sp³-hybridized carbons (Fsp3) is 0.481. The molecule has 1 fully saturated rings. The van der Waals surface area contributed by atoms with Crippen LogP contribution in [0.4, 0.5) is 5.69 Å². The number of hydrogen-bond donors (Lipinski definition) is 0. The average Bonchev–Trinajstić information content (AvgIpc) is 3.24. The van der Waals surface area contributed by atoms with Gasteiger partial charge in [-0.05, 0) is 42.8 Å². The number of nitro benzene ring substituents is 1. The van der Waals surface area contributed by atoms with Gasteiger partial charge in [-0.1, -0.05) is 39.0 Å². The van der Waals surface area contributed by atoms with Crippen LogP contribution in [0.25, 0.3) is 0 Å². The van der Waals surface area contributed by atoms with Crippen LogP contribution in [0.5, 0.6) is 5.75 Å². The van der Waals surface area contributed by atoms with Crippen molar-refractivity contribution in [2.45, 2.75) is 64.4 Å². The van der Waals surface area contributed by atoms with E-state index >= 15 is 0 Å². The summed E-state index contributed by atoms with van der Waals surface area (Å²) >= 11 is 0. The highest BCUT2D eigenvalue weighted by molar-refractivity contribution is 6.74. The van der Waals surface area contributed by atoms with Gasteiger partial charge in [0, 0.05) is 18.6 Å². The molecule has 0 saturated carbocycles. The monoisotopic (exact) mass is 528 g/mol. The lowest BCUT2D eigenvalue weighted by Crippen LogP contribution is -2.46. The molecule has 2 aromatic carbocycles. The molecule has 1 aliphatic rings. The molecular weight excluding hydrogens is 492 g/mol. The van der Waals surface area contributed by atoms with E-state index in [-0.39, 0.29) is 29.4 Å². The Balaban J connectivity index is 1.91. The quantitative estimate of drug-likeness (QED) is 0.196. The number of amides is 1. The van der Waals surface area contributed by atoms with Gasteiger partial charge < -0.3 is 18.8 Å². The van der Waals surface area contributed by atoms with Crippen LogP contribution in [0.1, 0.15) is 53.5 Å². The second kappa shape index (κ2) is 11.0. The predicted octanol–water partition coefficient (Wildman–Crippen LogP) is 5.37. The topological polar surface area (TPSA) is 108 Å². The van der Waals surface area contributed by atoms with Crippen molar-refractivity contribution in [3.63, 3.8) is 0 Å². The predicted molar refractivity (Wildman–Crippen MR) is 143 cm³/mol. The first-order valence-electron chi connectivity index (χ1n) is 12.3. The summed E-state index contributed by atoms with van der Waals surface area (Å²) in [6, 6.07) is 11.0. The number of carbonyl (C=O) groups is 2. The number of rotatable bonds is 8. The van der Waals surface area contributed by atoms with Gasteiger partial charge in [-0.3, -0.25) is 14.9 Å². The second-order valence-electron chi connectivity index (χ2n) is 10.9. The molecule has 0 aliphatic carbocycles. The summed E-state index contributed by atoms with van der Waals surface area (Å²) in [5.41, 5.74) is 0.608. The largest absolute Gasteiger partial charge is 0.496 e. The number of esters is 1. The van der Waals surface area contributed by atoms with Crippen LogP contribution in [0.15, 0.2) is 42.5 Å². The van der Waals surface area contributed by atoms with E-state index in [2.05, 4.69) is 33.9 Å². The van der Waals surface area contributed by atoms with Gasteiger partial charge in [-0.15, -0.1) is 0 Å². The zero-order valence-electron chi connectivity index (χ0n) is 22.6. The van der Waals surface area contributed by atoms with Crippen LogP contribution in [-0.4, -0.2) is 62.4 Å². The van der Waals surface area contributed by atoms with Gasteiger partial charge in [0.15, 0.2) is 8.32 Å². The van der Waals surface area contributed by atoms with Gasteiger partial charge in [-0.2, -0.15) is 0 Å². The number of nitro groups is 1. The van der Waals surface area contributed by atoms with Crippen LogP contribution in [0.2, 0.25) is 18.1 Å². The van der Waals surface area contributed by atoms with E-state index in [4.69, 9.17) is 13.9 Å². The molecule has 0 unspecified atom stereocenters. The van der Waals surface area contributed by atoms with Gasteiger partial charge >= 0.3 is 5.97 Å². The summed E-state index contributed by atoms with van der Waals surface area (Å²) in [6.45, 7) is 12.7. The number of likely N-dealkylation sites (tertiary alicyclic amines) is 1. The van der Waals surface area contributed by atoms with Crippen LogP contribution >= 0.6 is 0 Å². The maximum absolute atomic E-state index is 13.8. The third-order valence-corrected chi connectivity index (χ3v) is 11.8. The number of ether oxygens (including phenoxy) is 2. The van der Waals surface area contributed by atoms with E-state index in [0.29, 0.717) is 23.3 Å². The molecule has 0 bridgehead atoms. The number of hydrogen-bond acceptors (Lipinski definition) is 7. The molecule has 9 nitrogen and oxygen atoms in total. The van der Waals surface area contributed by atoms with Crippen molar-refractivity contribution in [1.29, 1.82) is 0 Å². The molecule has 10 heteroatoms. The maximum atomic E-state index is 13.8. The highest BCUT2D eigenvalue weighted by atomic mass is 28.4. The fourth-order valence-corrected chi connectivity index (χ4v) is 5.09. The first kappa shape index (κ1) is 28.3. The molecule has 2 atom stereocenters. The number of benzene rings is 2. The second-order valence-corrected chi connectivity index (χ2v) is 15.7. The number of nitrogens with zero attached hydrogens (tertiary/aromatic N) is 2. The molecule has 0 N–H and O–H groups in total. The van der Waals surface area contributed by atoms with Crippen LogP contribution in [-0.2, 0) is 9.16 Å². The minimum Gasteiger partial charge on any atom is -0.496 e. The summed E-state index contributed by atoms with van der Waals surface area (Å²) < 4.78 is 17.5. The third kappa shape index (κ3) is 6.37. The summed E-state index contributed by atoms with van der Waals surface area (Å²) in [6.07, 6.45) is -0.202. The van der Waals surface area contributed by atoms with Gasteiger partial charge in [0.05, 0.1) is 36.8 Å². The summed E-state index contributed by atoms with van der Waals surface area (Å²) in [7, 11) is -0.696. The summed E-state index contributed by atoms with van der Waals surface area (Å²) in [5, 5.41) is 11.8. The third-order valence-electron chi connectivity index (χ3n) is 7.30. The molecule has 3 rings (SSSR count). The van der Waals surface area contributed by atoms with Crippen LogP contribution in [0, 0.1) is 17.0 Å². The molecule has 1 aliphatic heterocycles. The Kier molecular flexibility index (Phi) is 8.44. The van der Waals surface area contributed by atoms with Crippen molar-refractivity contribution in [3.05, 3.63) is 69.3 Å². The summed E-state index contributed by atoms with van der Waals surface area (Å²) in [4.78, 5) is 39.3. The van der Waals surface area contributed by atoms with Crippen molar-refractivity contribution in [2.75, 3.05) is 20.3 Å². The molecule has 2 aromatic rings. The normalized spacial score (nSPS) is 18.0. The molecule has 37 heavy (non-hydrogen) atoms. The first-order chi connectivity index (χ1) is 17.2. The highest BCUT2D eigenvalue weighted by Crippen LogP contribution is 2.38. The lowest BCUT2D eigenvalue weighted by Gasteiger charge is -2.37. The van der Waals surface area contributed by atoms with E-state index in [9.17, 15) is 19.7 Å². The fourth-order valence-electron chi connectivity index (χ4n) is 4.05. The van der Waals surface area contributed by atoms with Crippen molar-refractivity contribution in [3.8, 4) is 5.75 Å². The first-order valence-corrected chi connectivity index (χ1v) is 15.2. The van der Waals surface area contributed by atoms with E-state index in [0.717, 1.165) is 0 Å². The van der Waals surface area contributed by atoms with Crippen molar-refractivity contribution >= 4 is 25.9 Å². The standard InChI is InChI=1S/C27H36N2O7Si/c1-18-13-23(29(32)33)22(15-24(18)34-5)25(30)28-16-21(36-26(31)19-11-9-8-10-12-19)14-20(28)17-35-37(6,7)27(2,3)4/h8-13,15,20-21H,14,16-17H2,1-7H3/t20-,21-/m0/s1. The molecule has 1 heterocycles. The zero-order valence-corrected chi connectivity index (χ0v) is 23.6. The molecule has 1 amide bonds. The Morgan fingerprint density at radius 2 is 1.81 bits per heavy atom. The Labute approximate surface area is 219 Å². The van der Waals surface area contributed by atoms with Crippen molar-refractivity contribution in [2.24, 2.45) is 0 Å². The lowest BCUT2D eigenvalue weighted by molar-refractivity contribution is -0.385. The van der Waals surface area contributed by atoms with Gasteiger partial charge in [0.1, 0.15) is 17.4 Å². The SMILES string of the molecule is COc1cc(C(=O)N2C[C@@H](OC(=O)c3ccccc3)C[C@H]2CO[Si](C)(C)C(C)(C)C)c([N+](=O)[O-])cc1C. The Morgan fingerprint density at radius 3 is 2.38 bits per heavy atom. The van der Waals surface area contributed by atoms with Crippen molar-refractivity contribution < 1.29 is 28.4 Å². The zero-order chi connectivity index (χ0) is 27.5. The summed E-state index contributed by atoms with van der Waals surface area (Å²) in [5.74, 6) is -0.617. The van der Waals surface area contributed by atoms with E-state index in [1.165, 1.54) is 24.1 Å². The number of carbonyl (C=O) groups excluding carboxylic acids is 2. The molecule has 1 saturated heterocycles. The van der Waals surface area contributed by atoms with Gasteiger partial charge in [0.25, 0.3) is 11.6 Å². The van der Waals surface area contributed by atoms with Crippen molar-refractivity contribution in [1.82, 2.24) is 4.90 Å². The highest BCUT2D eigenvalue weighted by Gasteiger charge is 2.43. The Hall–Kier alpha value is -3.24. The maximum Gasteiger partial charge on any atom is 0.338 e. The Morgan fingerprint density at radius 1 is 1.16 bits per heavy atom. The minimum absolute atomic E-state index is 0.0390. The lowest BCUT2D eigenvalue weighted by atomic mass is 10.1. The molecule has 0 radical (unpaired) electrons. The molecule has 0 spiro atoms. The number of methoxy groups -OCH3 is 1. The van der Waals surface area contributed by atoms with Gasteiger partial charge in [-0.25, -0.2) is 4.79 Å². The molecular formula is C27H36N2O7Si. The minimum atomic E-state index is -2.15.